The zero-order valence-electron chi connectivity index (χ0n) is 13.7. The van der Waals surface area contributed by atoms with Crippen LogP contribution in [-0.2, 0) is 6.54 Å². The van der Waals surface area contributed by atoms with Gasteiger partial charge in [-0.3, -0.25) is 4.68 Å². The zero-order valence-corrected chi connectivity index (χ0v) is 13.7. The molecule has 0 aliphatic heterocycles. The molecule has 6 nitrogen and oxygen atoms in total. The van der Waals surface area contributed by atoms with Crippen LogP contribution in [0.15, 0.2) is 51.4 Å². The molecule has 0 saturated heterocycles. The highest BCUT2D eigenvalue weighted by Crippen LogP contribution is 2.24. The second-order valence-electron chi connectivity index (χ2n) is 5.78. The Labute approximate surface area is 142 Å². The van der Waals surface area contributed by atoms with E-state index < -0.39 is 0 Å². The zero-order chi connectivity index (χ0) is 17.4. The highest BCUT2D eigenvalue weighted by atomic mass is 19.1. The molecular formula is C18H15FN4O2. The first-order valence-corrected chi connectivity index (χ1v) is 7.78. The summed E-state index contributed by atoms with van der Waals surface area (Å²) in [7, 11) is 0. The average molecular weight is 338 g/mol. The third-order valence-electron chi connectivity index (χ3n) is 3.81. The molecule has 3 heterocycles. The van der Waals surface area contributed by atoms with Crippen LogP contribution in [0.3, 0.4) is 0 Å². The third kappa shape index (κ3) is 3.08. The topological polar surface area (TPSA) is 69.9 Å². The number of halogens is 1. The Kier molecular flexibility index (Phi) is 3.68. The van der Waals surface area contributed by atoms with E-state index in [0.717, 1.165) is 17.1 Å². The summed E-state index contributed by atoms with van der Waals surface area (Å²) in [5, 5.41) is 8.33. The van der Waals surface area contributed by atoms with Crippen molar-refractivity contribution in [1.29, 1.82) is 0 Å². The molecule has 1 aromatic carbocycles. The van der Waals surface area contributed by atoms with E-state index in [4.69, 9.17) is 8.94 Å². The molecule has 0 bridgehead atoms. The van der Waals surface area contributed by atoms with Crippen LogP contribution in [0.1, 0.15) is 17.1 Å². The Morgan fingerprint density at radius 1 is 1.08 bits per heavy atom. The molecular weight excluding hydrogens is 323 g/mol. The van der Waals surface area contributed by atoms with Crippen LogP contribution in [0.5, 0.6) is 0 Å². The molecule has 126 valence electrons. The van der Waals surface area contributed by atoms with E-state index >= 15 is 0 Å². The Bertz CT molecular complexity index is 1010. The van der Waals surface area contributed by atoms with Gasteiger partial charge in [0.2, 0.25) is 5.82 Å². The third-order valence-corrected chi connectivity index (χ3v) is 3.81. The number of aromatic nitrogens is 4. The Morgan fingerprint density at radius 3 is 2.60 bits per heavy atom. The Hall–Kier alpha value is -3.22. The number of rotatable bonds is 4. The quantitative estimate of drug-likeness (QED) is 0.562. The summed E-state index contributed by atoms with van der Waals surface area (Å²) >= 11 is 0. The van der Waals surface area contributed by atoms with Crippen LogP contribution >= 0.6 is 0 Å². The highest BCUT2D eigenvalue weighted by molar-refractivity contribution is 5.57. The van der Waals surface area contributed by atoms with E-state index in [1.807, 2.05) is 30.7 Å². The van der Waals surface area contributed by atoms with Crippen LogP contribution in [0, 0.1) is 19.7 Å². The molecule has 4 rings (SSSR count). The maximum atomic E-state index is 13.0. The van der Waals surface area contributed by atoms with Gasteiger partial charge in [-0.2, -0.15) is 10.1 Å². The molecule has 25 heavy (non-hydrogen) atoms. The number of benzene rings is 1. The molecule has 0 spiro atoms. The van der Waals surface area contributed by atoms with Crippen LogP contribution < -0.4 is 0 Å². The van der Waals surface area contributed by atoms with Gasteiger partial charge in [-0.25, -0.2) is 4.39 Å². The summed E-state index contributed by atoms with van der Waals surface area (Å²) in [6, 6.07) is 11.5. The predicted octanol–water partition coefficient (Wildman–Crippen LogP) is 4.00. The summed E-state index contributed by atoms with van der Waals surface area (Å²) < 4.78 is 25.9. The van der Waals surface area contributed by atoms with Crippen molar-refractivity contribution in [2.24, 2.45) is 0 Å². The number of hydrogen-bond donors (Lipinski definition) is 0. The van der Waals surface area contributed by atoms with Gasteiger partial charge in [0, 0.05) is 11.3 Å². The predicted molar refractivity (Wildman–Crippen MR) is 88.2 cm³/mol. The minimum Gasteiger partial charge on any atom is -0.454 e. The van der Waals surface area contributed by atoms with Crippen LogP contribution in [0.2, 0.25) is 0 Å². The van der Waals surface area contributed by atoms with Crippen molar-refractivity contribution < 1.29 is 13.3 Å². The number of furan rings is 1. The van der Waals surface area contributed by atoms with Crippen LogP contribution in [0.4, 0.5) is 4.39 Å². The normalized spacial score (nSPS) is 11.2. The first kappa shape index (κ1) is 15.3. The van der Waals surface area contributed by atoms with Crippen LogP contribution in [-0.4, -0.2) is 19.9 Å². The molecule has 0 fully saturated rings. The van der Waals surface area contributed by atoms with Gasteiger partial charge >= 0.3 is 0 Å². The van der Waals surface area contributed by atoms with Gasteiger partial charge in [-0.1, -0.05) is 5.16 Å². The fourth-order valence-corrected chi connectivity index (χ4v) is 2.60. The molecule has 0 amide bonds. The second kappa shape index (κ2) is 6.01. The molecule has 0 N–H and O–H groups in total. The summed E-state index contributed by atoms with van der Waals surface area (Å²) in [6.45, 7) is 4.47. The van der Waals surface area contributed by atoms with Gasteiger partial charge in [0.15, 0.2) is 5.76 Å². The fourth-order valence-electron chi connectivity index (χ4n) is 2.60. The SMILES string of the molecule is Cc1cc(C)n(Cc2ccc(-c3nc(-c4ccc(F)cc4)no3)o2)n1. The monoisotopic (exact) mass is 338 g/mol. The van der Waals surface area contributed by atoms with E-state index in [2.05, 4.69) is 15.2 Å². The van der Waals surface area contributed by atoms with Crippen LogP contribution in [0.25, 0.3) is 23.0 Å². The van der Waals surface area contributed by atoms with Crippen molar-refractivity contribution >= 4 is 0 Å². The lowest BCUT2D eigenvalue weighted by molar-refractivity contribution is 0.408. The lowest BCUT2D eigenvalue weighted by Gasteiger charge is -2.00. The van der Waals surface area contributed by atoms with Gasteiger partial charge in [-0.15, -0.1) is 0 Å². The summed E-state index contributed by atoms with van der Waals surface area (Å²) in [6.07, 6.45) is 0. The lowest BCUT2D eigenvalue weighted by Crippen LogP contribution is -2.02. The van der Waals surface area contributed by atoms with E-state index in [1.54, 1.807) is 18.2 Å². The molecule has 0 aliphatic carbocycles. The highest BCUT2D eigenvalue weighted by Gasteiger charge is 2.15. The number of aryl methyl sites for hydroxylation is 2. The average Bonchev–Trinajstić information content (AvgIpc) is 3.29. The summed E-state index contributed by atoms with van der Waals surface area (Å²) in [5.74, 6) is 1.57. The molecule has 0 unspecified atom stereocenters. The van der Waals surface area contributed by atoms with Gasteiger partial charge in [-0.05, 0) is 56.3 Å². The summed E-state index contributed by atoms with van der Waals surface area (Å²) in [4.78, 5) is 4.31. The maximum absolute atomic E-state index is 13.0. The molecule has 0 atom stereocenters. The van der Waals surface area contributed by atoms with Crippen molar-refractivity contribution in [3.63, 3.8) is 0 Å². The fraction of sp³-hybridized carbons (Fsp3) is 0.167. The van der Waals surface area contributed by atoms with Crippen molar-refractivity contribution in [2.45, 2.75) is 20.4 Å². The first-order chi connectivity index (χ1) is 12.1. The molecule has 4 aromatic rings. The largest absolute Gasteiger partial charge is 0.454 e. The van der Waals surface area contributed by atoms with Crippen molar-refractivity contribution in [3.8, 4) is 23.0 Å². The summed E-state index contributed by atoms with van der Waals surface area (Å²) in [5.41, 5.74) is 2.70. The van der Waals surface area contributed by atoms with Crippen molar-refractivity contribution in [2.75, 3.05) is 0 Å². The number of nitrogens with zero attached hydrogens (tertiary/aromatic N) is 4. The molecule has 3 aromatic heterocycles. The lowest BCUT2D eigenvalue weighted by atomic mass is 10.2. The molecule has 0 radical (unpaired) electrons. The standard InChI is InChI=1S/C18H15FN4O2/c1-11-9-12(2)23(21-11)10-15-7-8-16(24-15)18-20-17(22-25-18)13-3-5-14(19)6-4-13/h3-9H,10H2,1-2H3. The first-order valence-electron chi connectivity index (χ1n) is 7.78. The van der Waals surface area contributed by atoms with Gasteiger partial charge in [0.05, 0.1) is 12.2 Å². The minimum absolute atomic E-state index is 0.277. The van der Waals surface area contributed by atoms with E-state index in [-0.39, 0.29) is 11.7 Å². The smallest absolute Gasteiger partial charge is 0.293 e. The minimum atomic E-state index is -0.313. The van der Waals surface area contributed by atoms with E-state index in [1.165, 1.54) is 12.1 Å². The Morgan fingerprint density at radius 2 is 1.88 bits per heavy atom. The van der Waals surface area contributed by atoms with E-state index in [0.29, 0.717) is 23.7 Å². The van der Waals surface area contributed by atoms with Gasteiger partial charge in [0.1, 0.15) is 11.6 Å². The molecule has 0 aliphatic rings. The van der Waals surface area contributed by atoms with Gasteiger partial charge < -0.3 is 8.94 Å². The van der Waals surface area contributed by atoms with Crippen molar-refractivity contribution in [1.82, 2.24) is 19.9 Å². The van der Waals surface area contributed by atoms with E-state index in [9.17, 15) is 4.39 Å². The maximum Gasteiger partial charge on any atom is 0.293 e. The molecule has 0 saturated carbocycles. The Balaban J connectivity index is 1.56. The van der Waals surface area contributed by atoms with Crippen molar-refractivity contribution in [3.05, 3.63) is 65.4 Å². The number of hydrogen-bond acceptors (Lipinski definition) is 5. The second-order valence-corrected chi connectivity index (χ2v) is 5.78. The van der Waals surface area contributed by atoms with Gasteiger partial charge in [0.25, 0.3) is 5.89 Å². The molecule has 7 heteroatoms.